The Hall–Kier alpha value is -0.470. The summed E-state index contributed by atoms with van der Waals surface area (Å²) in [5.41, 5.74) is 0.689. The lowest BCUT2D eigenvalue weighted by Crippen LogP contribution is -2.12. The van der Waals surface area contributed by atoms with Gasteiger partial charge in [0.1, 0.15) is 6.10 Å². The standard InChI is InChI=1S/C11H13Cl2NO/c12-7-10-9(13)5-6-11(14-10)15-8-3-1-2-4-8/h5-6,8H,1-4,7H2. The van der Waals surface area contributed by atoms with Crippen LogP contribution in [-0.4, -0.2) is 11.1 Å². The Kier molecular flexibility index (Phi) is 3.71. The van der Waals surface area contributed by atoms with Gasteiger partial charge in [0.25, 0.3) is 0 Å². The quantitative estimate of drug-likeness (QED) is 0.757. The second kappa shape index (κ2) is 5.04. The lowest BCUT2D eigenvalue weighted by atomic mass is 10.3. The van der Waals surface area contributed by atoms with Crippen molar-refractivity contribution in [3.63, 3.8) is 0 Å². The minimum absolute atomic E-state index is 0.320. The Balaban J connectivity index is 2.07. The summed E-state index contributed by atoms with van der Waals surface area (Å²) in [6.07, 6.45) is 5.07. The molecule has 1 aromatic heterocycles. The van der Waals surface area contributed by atoms with E-state index in [-0.39, 0.29) is 0 Å². The maximum Gasteiger partial charge on any atom is 0.213 e. The van der Waals surface area contributed by atoms with E-state index in [1.54, 1.807) is 12.1 Å². The Morgan fingerprint density at radius 2 is 2.07 bits per heavy atom. The fourth-order valence-electron chi connectivity index (χ4n) is 1.80. The molecule has 0 spiro atoms. The third-order valence-electron chi connectivity index (χ3n) is 2.61. The number of pyridine rings is 1. The van der Waals surface area contributed by atoms with Gasteiger partial charge in [0.2, 0.25) is 5.88 Å². The molecule has 2 rings (SSSR count). The van der Waals surface area contributed by atoms with E-state index in [9.17, 15) is 0 Å². The van der Waals surface area contributed by atoms with E-state index in [0.717, 1.165) is 12.8 Å². The zero-order chi connectivity index (χ0) is 10.7. The van der Waals surface area contributed by atoms with Crippen molar-refractivity contribution in [2.45, 2.75) is 37.7 Å². The van der Waals surface area contributed by atoms with Crippen LogP contribution in [0.3, 0.4) is 0 Å². The van der Waals surface area contributed by atoms with Gasteiger partial charge >= 0.3 is 0 Å². The molecular formula is C11H13Cl2NO. The van der Waals surface area contributed by atoms with E-state index in [4.69, 9.17) is 27.9 Å². The summed E-state index contributed by atoms with van der Waals surface area (Å²) >= 11 is 11.6. The molecule has 0 aromatic carbocycles. The molecule has 1 aromatic rings. The first-order valence-corrected chi connectivity index (χ1v) is 6.09. The summed E-state index contributed by atoms with van der Waals surface area (Å²) in [4.78, 5) is 4.27. The fraction of sp³-hybridized carbons (Fsp3) is 0.545. The van der Waals surface area contributed by atoms with Crippen LogP contribution in [0.25, 0.3) is 0 Å². The first kappa shape index (κ1) is 11.0. The molecule has 0 saturated heterocycles. The van der Waals surface area contributed by atoms with Crippen molar-refractivity contribution < 1.29 is 4.74 Å². The predicted octanol–water partition coefficient (Wildman–Crippen LogP) is 3.80. The van der Waals surface area contributed by atoms with Crippen molar-refractivity contribution >= 4 is 23.2 Å². The fourth-order valence-corrected chi connectivity index (χ4v) is 2.24. The maximum atomic E-state index is 5.91. The van der Waals surface area contributed by atoms with Crippen molar-refractivity contribution in [1.29, 1.82) is 0 Å². The molecule has 0 unspecified atom stereocenters. The van der Waals surface area contributed by atoms with E-state index < -0.39 is 0 Å². The highest BCUT2D eigenvalue weighted by molar-refractivity contribution is 6.32. The average Bonchev–Trinajstić information content (AvgIpc) is 2.73. The number of hydrogen-bond acceptors (Lipinski definition) is 2. The topological polar surface area (TPSA) is 22.1 Å². The molecule has 2 nitrogen and oxygen atoms in total. The van der Waals surface area contributed by atoms with E-state index in [1.807, 2.05) is 0 Å². The van der Waals surface area contributed by atoms with Crippen molar-refractivity contribution in [2.24, 2.45) is 0 Å². The number of ether oxygens (including phenoxy) is 1. The largest absolute Gasteiger partial charge is 0.474 e. The van der Waals surface area contributed by atoms with Gasteiger partial charge in [0.05, 0.1) is 16.6 Å². The first-order chi connectivity index (χ1) is 7.29. The van der Waals surface area contributed by atoms with Crippen molar-refractivity contribution in [2.75, 3.05) is 0 Å². The molecule has 0 bridgehead atoms. The third kappa shape index (κ3) is 2.76. The predicted molar refractivity (Wildman–Crippen MR) is 61.7 cm³/mol. The molecule has 1 aliphatic rings. The van der Waals surface area contributed by atoms with Crippen molar-refractivity contribution in [1.82, 2.24) is 4.98 Å². The lowest BCUT2D eigenvalue weighted by molar-refractivity contribution is 0.201. The summed E-state index contributed by atoms with van der Waals surface area (Å²) in [6.45, 7) is 0. The highest BCUT2D eigenvalue weighted by Crippen LogP contribution is 2.25. The smallest absolute Gasteiger partial charge is 0.213 e. The molecule has 1 heterocycles. The molecule has 1 aliphatic carbocycles. The maximum absolute atomic E-state index is 5.91. The Morgan fingerprint density at radius 3 is 2.73 bits per heavy atom. The van der Waals surface area contributed by atoms with E-state index in [2.05, 4.69) is 4.98 Å². The van der Waals surface area contributed by atoms with Crippen molar-refractivity contribution in [3.8, 4) is 5.88 Å². The summed E-state index contributed by atoms with van der Waals surface area (Å²) in [5.74, 6) is 0.961. The number of nitrogens with zero attached hydrogens (tertiary/aromatic N) is 1. The van der Waals surface area contributed by atoms with Gasteiger partial charge < -0.3 is 4.74 Å². The number of aromatic nitrogens is 1. The monoisotopic (exact) mass is 245 g/mol. The van der Waals surface area contributed by atoms with Crippen LogP contribution in [0.4, 0.5) is 0 Å². The summed E-state index contributed by atoms with van der Waals surface area (Å²) in [7, 11) is 0. The molecule has 0 atom stereocenters. The van der Waals surface area contributed by atoms with Crippen LogP contribution >= 0.6 is 23.2 Å². The second-order valence-corrected chi connectivity index (χ2v) is 4.41. The molecule has 0 N–H and O–H groups in total. The number of alkyl halides is 1. The van der Waals surface area contributed by atoms with Gasteiger partial charge in [0, 0.05) is 6.07 Å². The third-order valence-corrected chi connectivity index (χ3v) is 3.21. The second-order valence-electron chi connectivity index (χ2n) is 3.74. The van der Waals surface area contributed by atoms with E-state index in [1.165, 1.54) is 12.8 Å². The van der Waals surface area contributed by atoms with Crippen LogP contribution in [0, 0.1) is 0 Å². The molecule has 0 aliphatic heterocycles. The molecule has 82 valence electrons. The molecule has 4 heteroatoms. The van der Waals surface area contributed by atoms with Crippen LogP contribution in [0.15, 0.2) is 12.1 Å². The molecule has 1 saturated carbocycles. The van der Waals surface area contributed by atoms with Gasteiger partial charge in [-0.15, -0.1) is 11.6 Å². The van der Waals surface area contributed by atoms with Gasteiger partial charge in [-0.2, -0.15) is 0 Å². The molecule has 15 heavy (non-hydrogen) atoms. The van der Waals surface area contributed by atoms with Crippen LogP contribution < -0.4 is 4.74 Å². The van der Waals surface area contributed by atoms with Crippen molar-refractivity contribution in [3.05, 3.63) is 22.8 Å². The molecular weight excluding hydrogens is 233 g/mol. The van der Waals surface area contributed by atoms with Crippen LogP contribution in [0.2, 0.25) is 5.02 Å². The number of hydrogen-bond donors (Lipinski definition) is 0. The Bertz CT molecular complexity index is 337. The van der Waals surface area contributed by atoms with E-state index in [0.29, 0.717) is 28.6 Å². The average molecular weight is 246 g/mol. The normalized spacial score (nSPS) is 16.9. The first-order valence-electron chi connectivity index (χ1n) is 5.17. The van der Waals surface area contributed by atoms with Gasteiger partial charge in [-0.1, -0.05) is 11.6 Å². The summed E-state index contributed by atoms with van der Waals surface area (Å²) in [5, 5.41) is 0.601. The summed E-state index contributed by atoms with van der Waals surface area (Å²) < 4.78 is 5.74. The highest BCUT2D eigenvalue weighted by atomic mass is 35.5. The van der Waals surface area contributed by atoms with Crippen LogP contribution in [0.5, 0.6) is 5.88 Å². The number of halogens is 2. The van der Waals surface area contributed by atoms with Gasteiger partial charge in [-0.05, 0) is 31.7 Å². The van der Waals surface area contributed by atoms with Crippen LogP contribution in [0.1, 0.15) is 31.4 Å². The van der Waals surface area contributed by atoms with E-state index >= 15 is 0 Å². The summed E-state index contributed by atoms with van der Waals surface area (Å²) in [6, 6.07) is 3.59. The Morgan fingerprint density at radius 1 is 1.33 bits per heavy atom. The molecule has 1 fully saturated rings. The van der Waals surface area contributed by atoms with Gasteiger partial charge in [-0.3, -0.25) is 0 Å². The zero-order valence-corrected chi connectivity index (χ0v) is 9.89. The van der Waals surface area contributed by atoms with Crippen LogP contribution in [-0.2, 0) is 5.88 Å². The lowest BCUT2D eigenvalue weighted by Gasteiger charge is -2.12. The minimum Gasteiger partial charge on any atom is -0.474 e. The van der Waals surface area contributed by atoms with Gasteiger partial charge in [0.15, 0.2) is 0 Å². The minimum atomic E-state index is 0.320. The molecule has 0 amide bonds. The SMILES string of the molecule is ClCc1nc(OC2CCCC2)ccc1Cl. The van der Waals surface area contributed by atoms with Gasteiger partial charge in [-0.25, -0.2) is 4.98 Å². The highest BCUT2D eigenvalue weighted by Gasteiger charge is 2.17. The zero-order valence-electron chi connectivity index (χ0n) is 8.38. The Labute approximate surface area is 99.6 Å². The number of rotatable bonds is 3. The molecule has 0 radical (unpaired) electrons.